The zero-order chi connectivity index (χ0) is 13.6. The Morgan fingerprint density at radius 2 is 2.21 bits per heavy atom. The number of benzene rings is 1. The van der Waals surface area contributed by atoms with Crippen LogP contribution in [0.5, 0.6) is 5.88 Å². The van der Waals surface area contributed by atoms with E-state index in [-0.39, 0.29) is 21.5 Å². The molecule has 3 aromatic rings. The first-order chi connectivity index (χ1) is 9.06. The number of nitrogens with two attached hydrogens (primary N) is 1. The topological polar surface area (TPSA) is 93.5 Å². The van der Waals surface area contributed by atoms with Crippen molar-refractivity contribution in [2.45, 2.75) is 6.92 Å². The van der Waals surface area contributed by atoms with Crippen LogP contribution in [-0.2, 0) is 0 Å². The number of rotatable bonds is 1. The first-order valence-electron chi connectivity index (χ1n) is 5.51. The van der Waals surface area contributed by atoms with Crippen LogP contribution in [0.1, 0.15) is 5.56 Å². The molecule has 19 heavy (non-hydrogen) atoms. The van der Waals surface area contributed by atoms with Crippen LogP contribution in [0.3, 0.4) is 0 Å². The van der Waals surface area contributed by atoms with E-state index in [9.17, 15) is 9.90 Å². The van der Waals surface area contributed by atoms with E-state index in [4.69, 9.17) is 5.73 Å². The minimum atomic E-state index is -0.430. The number of aryl methyl sites for hydroxylation is 1. The van der Waals surface area contributed by atoms with Crippen LogP contribution in [0.15, 0.2) is 29.1 Å². The normalized spacial score (nSPS) is 11.0. The molecule has 0 atom stereocenters. The van der Waals surface area contributed by atoms with Crippen molar-refractivity contribution in [3.63, 3.8) is 0 Å². The Hall–Kier alpha value is -2.41. The van der Waals surface area contributed by atoms with Gasteiger partial charge in [0.1, 0.15) is 5.56 Å². The van der Waals surface area contributed by atoms with E-state index in [1.54, 1.807) is 12.1 Å². The van der Waals surface area contributed by atoms with E-state index in [1.807, 2.05) is 19.1 Å². The maximum absolute atomic E-state index is 12.3. The largest absolute Gasteiger partial charge is 0.493 e. The average Bonchev–Trinajstić information content (AvgIpc) is 2.70. The Morgan fingerprint density at radius 3 is 2.95 bits per heavy atom. The van der Waals surface area contributed by atoms with E-state index < -0.39 is 5.56 Å². The number of hydrogen-bond donors (Lipinski definition) is 2. The summed E-state index contributed by atoms with van der Waals surface area (Å²) in [6.45, 7) is 1.91. The SMILES string of the molecule is Cc1cccc(-c2c(O)nc3sc(N)nn3c2=O)c1. The second-order valence-electron chi connectivity index (χ2n) is 4.12. The lowest BCUT2D eigenvalue weighted by atomic mass is 10.1. The highest BCUT2D eigenvalue weighted by molar-refractivity contribution is 7.20. The van der Waals surface area contributed by atoms with Gasteiger partial charge in [0.25, 0.3) is 5.56 Å². The molecule has 0 amide bonds. The summed E-state index contributed by atoms with van der Waals surface area (Å²) in [6, 6.07) is 7.27. The second kappa shape index (κ2) is 4.06. The van der Waals surface area contributed by atoms with Crippen LogP contribution >= 0.6 is 11.3 Å². The van der Waals surface area contributed by atoms with Crippen molar-refractivity contribution in [1.29, 1.82) is 0 Å². The Balaban J connectivity index is 2.38. The van der Waals surface area contributed by atoms with Gasteiger partial charge in [0.15, 0.2) is 0 Å². The van der Waals surface area contributed by atoms with Gasteiger partial charge in [0, 0.05) is 0 Å². The minimum absolute atomic E-state index is 0.131. The third kappa shape index (κ3) is 1.84. The quantitative estimate of drug-likeness (QED) is 0.700. The van der Waals surface area contributed by atoms with Gasteiger partial charge in [0.05, 0.1) is 0 Å². The molecule has 0 saturated carbocycles. The van der Waals surface area contributed by atoms with E-state index in [1.165, 1.54) is 0 Å². The van der Waals surface area contributed by atoms with Crippen molar-refractivity contribution in [2.75, 3.05) is 5.73 Å². The molecule has 3 N–H and O–H groups in total. The molecule has 7 heteroatoms. The molecule has 0 saturated heterocycles. The van der Waals surface area contributed by atoms with Gasteiger partial charge in [-0.2, -0.15) is 9.50 Å². The van der Waals surface area contributed by atoms with E-state index >= 15 is 0 Å². The standard InChI is InChI=1S/C12H10N4O2S/c1-6-3-2-4-7(5-6)8-9(17)14-12-16(10(8)18)15-11(13)19-12/h2-5,17H,1H3,(H2,13,15). The molecule has 0 radical (unpaired) electrons. The molecule has 0 aliphatic carbocycles. The highest BCUT2D eigenvalue weighted by Crippen LogP contribution is 2.26. The smallest absolute Gasteiger partial charge is 0.287 e. The van der Waals surface area contributed by atoms with Gasteiger partial charge in [-0.05, 0) is 12.5 Å². The van der Waals surface area contributed by atoms with Gasteiger partial charge in [-0.3, -0.25) is 4.79 Å². The first kappa shape index (κ1) is 11.7. The highest BCUT2D eigenvalue weighted by atomic mass is 32.1. The minimum Gasteiger partial charge on any atom is -0.493 e. The molecule has 0 aliphatic heterocycles. The molecule has 1 aromatic carbocycles. The Kier molecular flexibility index (Phi) is 2.49. The summed E-state index contributed by atoms with van der Waals surface area (Å²) in [7, 11) is 0. The summed E-state index contributed by atoms with van der Waals surface area (Å²) in [4.78, 5) is 16.6. The molecule has 2 aromatic heterocycles. The third-order valence-electron chi connectivity index (χ3n) is 2.71. The lowest BCUT2D eigenvalue weighted by Crippen LogP contribution is -2.17. The van der Waals surface area contributed by atoms with Crippen molar-refractivity contribution in [1.82, 2.24) is 14.6 Å². The van der Waals surface area contributed by atoms with Crippen LogP contribution < -0.4 is 11.3 Å². The van der Waals surface area contributed by atoms with Crippen LogP contribution in [-0.4, -0.2) is 19.7 Å². The zero-order valence-electron chi connectivity index (χ0n) is 9.99. The molecular formula is C12H10N4O2S. The summed E-state index contributed by atoms with van der Waals surface area (Å²) in [6.07, 6.45) is 0. The fraction of sp³-hybridized carbons (Fsp3) is 0.0833. The summed E-state index contributed by atoms with van der Waals surface area (Å²) in [5.74, 6) is -0.306. The molecule has 0 unspecified atom stereocenters. The van der Waals surface area contributed by atoms with Crippen molar-refractivity contribution >= 4 is 21.4 Å². The van der Waals surface area contributed by atoms with Gasteiger partial charge in [-0.1, -0.05) is 41.2 Å². The molecule has 2 heterocycles. The molecule has 0 aliphatic rings. The van der Waals surface area contributed by atoms with Gasteiger partial charge in [-0.15, -0.1) is 5.10 Å². The fourth-order valence-electron chi connectivity index (χ4n) is 1.90. The molecule has 96 valence electrons. The van der Waals surface area contributed by atoms with Crippen LogP contribution in [0, 0.1) is 6.92 Å². The molecular weight excluding hydrogens is 264 g/mol. The highest BCUT2D eigenvalue weighted by Gasteiger charge is 2.16. The van der Waals surface area contributed by atoms with Gasteiger partial charge < -0.3 is 10.8 Å². The Labute approximate surface area is 111 Å². The summed E-state index contributed by atoms with van der Waals surface area (Å²) in [5.41, 5.74) is 6.84. The predicted molar refractivity (Wildman–Crippen MR) is 73.4 cm³/mol. The third-order valence-corrected chi connectivity index (χ3v) is 3.45. The molecule has 6 nitrogen and oxygen atoms in total. The number of aromatic hydroxyl groups is 1. The van der Waals surface area contributed by atoms with Crippen LogP contribution in [0.2, 0.25) is 0 Å². The van der Waals surface area contributed by atoms with E-state index in [0.29, 0.717) is 5.56 Å². The number of aromatic nitrogens is 3. The number of anilines is 1. The number of nitrogen functional groups attached to an aromatic ring is 1. The molecule has 3 rings (SSSR count). The number of fused-ring (bicyclic) bond motifs is 1. The fourth-order valence-corrected chi connectivity index (χ4v) is 2.55. The summed E-state index contributed by atoms with van der Waals surface area (Å²) >= 11 is 1.05. The van der Waals surface area contributed by atoms with Crippen LogP contribution in [0.25, 0.3) is 16.1 Å². The monoisotopic (exact) mass is 274 g/mol. The summed E-state index contributed by atoms with van der Waals surface area (Å²) in [5, 5.41) is 14.1. The van der Waals surface area contributed by atoms with Crippen LogP contribution in [0.4, 0.5) is 5.13 Å². The van der Waals surface area contributed by atoms with Gasteiger partial charge in [0.2, 0.25) is 16.0 Å². The zero-order valence-corrected chi connectivity index (χ0v) is 10.8. The first-order valence-corrected chi connectivity index (χ1v) is 6.33. The number of nitrogens with zero attached hydrogens (tertiary/aromatic N) is 3. The van der Waals surface area contributed by atoms with Gasteiger partial charge in [-0.25, -0.2) is 0 Å². The van der Waals surface area contributed by atoms with Crippen molar-refractivity contribution in [3.05, 3.63) is 40.2 Å². The van der Waals surface area contributed by atoms with Crippen molar-refractivity contribution < 1.29 is 5.11 Å². The number of hydrogen-bond acceptors (Lipinski definition) is 6. The van der Waals surface area contributed by atoms with Gasteiger partial charge >= 0.3 is 0 Å². The maximum atomic E-state index is 12.3. The maximum Gasteiger partial charge on any atom is 0.287 e. The lowest BCUT2D eigenvalue weighted by Gasteiger charge is -2.04. The van der Waals surface area contributed by atoms with Crippen molar-refractivity contribution in [3.8, 4) is 17.0 Å². The van der Waals surface area contributed by atoms with E-state index in [2.05, 4.69) is 10.1 Å². The molecule has 0 fully saturated rings. The Bertz CT molecular complexity index is 837. The lowest BCUT2D eigenvalue weighted by molar-refractivity contribution is 0.455. The van der Waals surface area contributed by atoms with E-state index in [0.717, 1.165) is 21.4 Å². The Morgan fingerprint density at radius 1 is 1.42 bits per heavy atom. The summed E-state index contributed by atoms with van der Waals surface area (Å²) < 4.78 is 1.11. The second-order valence-corrected chi connectivity index (χ2v) is 5.11. The van der Waals surface area contributed by atoms with Crippen molar-refractivity contribution in [2.24, 2.45) is 0 Å². The average molecular weight is 274 g/mol. The predicted octanol–water partition coefficient (Wildman–Crippen LogP) is 1.41. The molecule has 0 spiro atoms. The molecule has 0 bridgehead atoms.